The van der Waals surface area contributed by atoms with Crippen LogP contribution in [0.3, 0.4) is 0 Å². The zero-order valence-electron chi connectivity index (χ0n) is 10.7. The van der Waals surface area contributed by atoms with E-state index in [0.29, 0.717) is 0 Å². The molecule has 0 aliphatic rings. The van der Waals surface area contributed by atoms with Crippen LogP contribution in [0.2, 0.25) is 0 Å². The summed E-state index contributed by atoms with van der Waals surface area (Å²) < 4.78 is 0. The fraction of sp³-hybridized carbons (Fsp3) is 0.667. The van der Waals surface area contributed by atoms with Crippen molar-refractivity contribution >= 4 is 11.6 Å². The van der Waals surface area contributed by atoms with E-state index in [4.69, 9.17) is 5.11 Å². The molecule has 0 bridgehead atoms. The minimum absolute atomic E-state index is 0.244. The van der Waals surface area contributed by atoms with Gasteiger partial charge in [0.25, 0.3) is 0 Å². The molecule has 1 aromatic rings. The van der Waals surface area contributed by atoms with Crippen molar-refractivity contribution in [3.8, 4) is 0 Å². The van der Waals surface area contributed by atoms with Gasteiger partial charge in [-0.3, -0.25) is 0 Å². The Morgan fingerprint density at radius 1 is 1.12 bits per heavy atom. The van der Waals surface area contributed by atoms with Crippen molar-refractivity contribution in [1.82, 2.24) is 9.97 Å². The van der Waals surface area contributed by atoms with Crippen LogP contribution in [0.5, 0.6) is 0 Å². The number of aliphatic hydroxyl groups is 1. The zero-order chi connectivity index (χ0) is 12.5. The molecule has 3 N–H and O–H groups in total. The molecule has 0 aromatic carbocycles. The highest BCUT2D eigenvalue weighted by Crippen LogP contribution is 2.17. The maximum atomic E-state index is 8.70. The van der Waals surface area contributed by atoms with Gasteiger partial charge in [0, 0.05) is 25.3 Å². The molecule has 0 fully saturated rings. The number of nitrogens with one attached hydrogen (secondary N) is 2. The molecule has 0 amide bonds. The van der Waals surface area contributed by atoms with E-state index in [0.717, 1.165) is 49.6 Å². The molecule has 0 radical (unpaired) electrons. The summed E-state index contributed by atoms with van der Waals surface area (Å²) in [6.07, 6.45) is 4.40. The molecular formula is C12H22N4O. The van der Waals surface area contributed by atoms with E-state index in [9.17, 15) is 0 Å². The van der Waals surface area contributed by atoms with E-state index in [1.807, 2.05) is 6.92 Å². The van der Waals surface area contributed by atoms with Gasteiger partial charge in [0.1, 0.15) is 18.0 Å². The van der Waals surface area contributed by atoms with Crippen LogP contribution in [-0.2, 0) is 0 Å². The summed E-state index contributed by atoms with van der Waals surface area (Å²) in [5.74, 6) is 1.77. The number of unbranched alkanes of at least 4 members (excludes halogenated alkanes) is 1. The largest absolute Gasteiger partial charge is 0.396 e. The van der Waals surface area contributed by atoms with Crippen LogP contribution in [-0.4, -0.2) is 34.8 Å². The van der Waals surface area contributed by atoms with E-state index in [-0.39, 0.29) is 6.61 Å². The van der Waals surface area contributed by atoms with Crippen LogP contribution >= 0.6 is 0 Å². The second kappa shape index (κ2) is 7.84. The molecule has 0 aliphatic heterocycles. The van der Waals surface area contributed by atoms with E-state index >= 15 is 0 Å². The molecule has 5 nitrogen and oxygen atoms in total. The first-order valence-electron chi connectivity index (χ1n) is 6.19. The molecule has 1 rings (SSSR count). The van der Waals surface area contributed by atoms with Crippen molar-refractivity contribution in [1.29, 1.82) is 0 Å². The summed E-state index contributed by atoms with van der Waals surface area (Å²) in [5.41, 5.74) is 1.05. The van der Waals surface area contributed by atoms with Crippen LogP contribution in [0.1, 0.15) is 31.7 Å². The fourth-order valence-electron chi connectivity index (χ4n) is 1.49. The van der Waals surface area contributed by atoms with Crippen LogP contribution in [0.15, 0.2) is 6.33 Å². The number of anilines is 2. The Kier molecular flexibility index (Phi) is 6.32. The SMILES string of the molecule is CCCNc1ncnc(NCCCCO)c1C. The van der Waals surface area contributed by atoms with Crippen LogP contribution in [0.25, 0.3) is 0 Å². The first-order chi connectivity index (χ1) is 8.29. The maximum absolute atomic E-state index is 8.70. The first-order valence-corrected chi connectivity index (χ1v) is 6.19. The normalized spacial score (nSPS) is 10.3. The Morgan fingerprint density at radius 2 is 1.76 bits per heavy atom. The highest BCUT2D eigenvalue weighted by molar-refractivity contribution is 5.56. The van der Waals surface area contributed by atoms with Gasteiger partial charge in [-0.05, 0) is 26.2 Å². The van der Waals surface area contributed by atoms with Crippen molar-refractivity contribution in [2.75, 3.05) is 30.3 Å². The van der Waals surface area contributed by atoms with E-state index in [2.05, 4.69) is 27.5 Å². The first kappa shape index (κ1) is 13.7. The molecular weight excluding hydrogens is 216 g/mol. The smallest absolute Gasteiger partial charge is 0.134 e. The Morgan fingerprint density at radius 3 is 2.35 bits per heavy atom. The lowest BCUT2D eigenvalue weighted by molar-refractivity contribution is 0.286. The minimum Gasteiger partial charge on any atom is -0.396 e. The molecule has 96 valence electrons. The van der Waals surface area contributed by atoms with Gasteiger partial charge in [0.05, 0.1) is 0 Å². The molecule has 17 heavy (non-hydrogen) atoms. The standard InChI is InChI=1S/C12H22N4O/c1-3-6-13-11-10(2)12(16-9-15-11)14-7-4-5-8-17/h9,17H,3-8H2,1-2H3,(H2,13,14,15,16). The molecule has 5 heteroatoms. The van der Waals surface area contributed by atoms with Crippen molar-refractivity contribution < 1.29 is 5.11 Å². The Labute approximate surface area is 103 Å². The van der Waals surface area contributed by atoms with Crippen LogP contribution in [0, 0.1) is 6.92 Å². The van der Waals surface area contributed by atoms with Gasteiger partial charge >= 0.3 is 0 Å². The number of aliphatic hydroxyl groups excluding tert-OH is 1. The van der Waals surface area contributed by atoms with Gasteiger partial charge < -0.3 is 15.7 Å². The highest BCUT2D eigenvalue weighted by Gasteiger charge is 2.05. The quantitative estimate of drug-likeness (QED) is 0.602. The Balaban J connectivity index is 2.53. The average Bonchev–Trinajstić information content (AvgIpc) is 2.35. The fourth-order valence-corrected chi connectivity index (χ4v) is 1.49. The monoisotopic (exact) mass is 238 g/mol. The lowest BCUT2D eigenvalue weighted by Gasteiger charge is -2.12. The summed E-state index contributed by atoms with van der Waals surface area (Å²) in [6.45, 7) is 6.12. The second-order valence-electron chi connectivity index (χ2n) is 3.98. The molecule has 0 saturated heterocycles. The molecule has 1 aromatic heterocycles. The Bertz CT molecular complexity index is 330. The molecule has 0 spiro atoms. The minimum atomic E-state index is 0.244. The lowest BCUT2D eigenvalue weighted by Crippen LogP contribution is -2.10. The van der Waals surface area contributed by atoms with Crippen molar-refractivity contribution in [3.05, 3.63) is 11.9 Å². The van der Waals surface area contributed by atoms with Gasteiger partial charge in [-0.15, -0.1) is 0 Å². The second-order valence-corrected chi connectivity index (χ2v) is 3.98. The number of hydrogen-bond donors (Lipinski definition) is 3. The van der Waals surface area contributed by atoms with Crippen LogP contribution in [0.4, 0.5) is 11.6 Å². The van der Waals surface area contributed by atoms with Gasteiger partial charge in [0.2, 0.25) is 0 Å². The highest BCUT2D eigenvalue weighted by atomic mass is 16.2. The van der Waals surface area contributed by atoms with Gasteiger partial charge in [-0.2, -0.15) is 0 Å². The van der Waals surface area contributed by atoms with Crippen LogP contribution < -0.4 is 10.6 Å². The zero-order valence-corrected chi connectivity index (χ0v) is 10.7. The summed E-state index contributed by atoms with van der Waals surface area (Å²) in [6, 6.07) is 0. The van der Waals surface area contributed by atoms with Crippen molar-refractivity contribution in [2.45, 2.75) is 33.1 Å². The maximum Gasteiger partial charge on any atom is 0.134 e. The molecule has 0 unspecified atom stereocenters. The Hall–Kier alpha value is -1.36. The van der Waals surface area contributed by atoms with E-state index in [1.165, 1.54) is 0 Å². The van der Waals surface area contributed by atoms with Gasteiger partial charge in [-0.25, -0.2) is 9.97 Å². The molecule has 0 saturated carbocycles. The summed E-state index contributed by atoms with van der Waals surface area (Å²) in [7, 11) is 0. The lowest BCUT2D eigenvalue weighted by atomic mass is 10.3. The van der Waals surface area contributed by atoms with Gasteiger partial charge in [-0.1, -0.05) is 6.92 Å². The summed E-state index contributed by atoms with van der Waals surface area (Å²) >= 11 is 0. The van der Waals surface area contributed by atoms with Gasteiger partial charge in [0.15, 0.2) is 0 Å². The number of hydrogen-bond acceptors (Lipinski definition) is 5. The van der Waals surface area contributed by atoms with Crippen molar-refractivity contribution in [2.24, 2.45) is 0 Å². The number of rotatable bonds is 8. The molecule has 1 heterocycles. The third-order valence-corrected chi connectivity index (χ3v) is 2.50. The molecule has 0 atom stereocenters. The number of nitrogens with zero attached hydrogens (tertiary/aromatic N) is 2. The molecule has 0 aliphatic carbocycles. The number of aromatic nitrogens is 2. The van der Waals surface area contributed by atoms with E-state index < -0.39 is 0 Å². The summed E-state index contributed by atoms with van der Waals surface area (Å²) in [4.78, 5) is 8.44. The average molecular weight is 238 g/mol. The third-order valence-electron chi connectivity index (χ3n) is 2.50. The predicted molar refractivity (Wildman–Crippen MR) is 70.4 cm³/mol. The topological polar surface area (TPSA) is 70.1 Å². The summed E-state index contributed by atoms with van der Waals surface area (Å²) in [5, 5.41) is 15.2. The van der Waals surface area contributed by atoms with E-state index in [1.54, 1.807) is 6.33 Å². The van der Waals surface area contributed by atoms with Crippen molar-refractivity contribution in [3.63, 3.8) is 0 Å². The predicted octanol–water partition coefficient (Wildman–Crippen LogP) is 1.79. The third kappa shape index (κ3) is 4.56.